The smallest absolute Gasteiger partial charge is 0.329 e. The quantitative estimate of drug-likeness (QED) is 0.746. The molecule has 2 unspecified atom stereocenters. The highest BCUT2D eigenvalue weighted by Gasteiger charge is 2.52. The molecule has 0 aromatic rings. The van der Waals surface area contributed by atoms with Gasteiger partial charge in [-0.3, -0.25) is 4.90 Å². The molecule has 1 aliphatic carbocycles. The van der Waals surface area contributed by atoms with Gasteiger partial charge in [0.15, 0.2) is 0 Å². The summed E-state index contributed by atoms with van der Waals surface area (Å²) < 4.78 is 0. The molecule has 6 nitrogen and oxygen atoms in total. The number of likely N-dealkylation sites (N-methyl/N-ethyl adjacent to an activating group) is 1. The van der Waals surface area contributed by atoms with Crippen LogP contribution >= 0.6 is 0 Å². The van der Waals surface area contributed by atoms with Crippen molar-refractivity contribution in [1.82, 2.24) is 15.1 Å². The van der Waals surface area contributed by atoms with E-state index in [2.05, 4.69) is 24.1 Å². The molecule has 2 rings (SSSR count). The summed E-state index contributed by atoms with van der Waals surface area (Å²) in [5.74, 6) is -0.925. The summed E-state index contributed by atoms with van der Waals surface area (Å²) in [6, 6.07) is 0.334. The lowest BCUT2D eigenvalue weighted by atomic mass is 10.1. The van der Waals surface area contributed by atoms with Crippen LogP contribution in [-0.4, -0.2) is 64.7 Å². The number of carbonyl (C=O) groups excluding carboxylic acids is 1. The number of nitrogens with zero attached hydrogens (tertiary/aromatic N) is 2. The zero-order valence-corrected chi connectivity index (χ0v) is 11.1. The Morgan fingerprint density at radius 1 is 1.22 bits per heavy atom. The molecule has 0 aromatic heterocycles. The van der Waals surface area contributed by atoms with Gasteiger partial charge in [-0.2, -0.15) is 0 Å². The lowest BCUT2D eigenvalue weighted by Crippen LogP contribution is -2.60. The van der Waals surface area contributed by atoms with Crippen LogP contribution in [0.5, 0.6) is 0 Å². The van der Waals surface area contributed by atoms with Crippen molar-refractivity contribution in [3.63, 3.8) is 0 Å². The first-order valence-electron chi connectivity index (χ1n) is 6.38. The molecule has 102 valence electrons. The summed E-state index contributed by atoms with van der Waals surface area (Å²) in [5, 5.41) is 11.7. The van der Waals surface area contributed by atoms with Crippen LogP contribution in [0.4, 0.5) is 4.79 Å². The van der Waals surface area contributed by atoms with Crippen LogP contribution in [0, 0.1) is 0 Å². The highest BCUT2D eigenvalue weighted by Crippen LogP contribution is 2.35. The van der Waals surface area contributed by atoms with Crippen LogP contribution in [0.3, 0.4) is 0 Å². The van der Waals surface area contributed by atoms with Crippen LogP contribution in [0.1, 0.15) is 26.7 Å². The van der Waals surface area contributed by atoms with Crippen molar-refractivity contribution in [2.75, 3.05) is 20.1 Å². The lowest BCUT2D eigenvalue weighted by molar-refractivity contribution is -0.140. The minimum Gasteiger partial charge on any atom is -0.480 e. The Balaban J connectivity index is 1.96. The first-order valence-corrected chi connectivity index (χ1v) is 6.38. The first-order chi connectivity index (χ1) is 8.35. The molecular weight excluding hydrogens is 234 g/mol. The van der Waals surface area contributed by atoms with Crippen LogP contribution < -0.4 is 5.32 Å². The van der Waals surface area contributed by atoms with Crippen LogP contribution in [0.15, 0.2) is 0 Å². The molecule has 2 fully saturated rings. The second kappa shape index (κ2) is 4.42. The SMILES string of the molecule is CC1CN(C(=O)NC2(C(=O)O)CC2)CC(C)N1C. The summed E-state index contributed by atoms with van der Waals surface area (Å²) in [6.07, 6.45) is 1.07. The molecule has 18 heavy (non-hydrogen) atoms. The van der Waals surface area contributed by atoms with E-state index in [0.29, 0.717) is 38.0 Å². The standard InChI is InChI=1S/C12H21N3O3/c1-8-6-15(7-9(2)14(8)3)11(18)13-12(4-5-12)10(16)17/h8-9H,4-7H2,1-3H3,(H,13,18)(H,16,17). The van der Waals surface area contributed by atoms with Gasteiger partial charge in [0, 0.05) is 25.2 Å². The van der Waals surface area contributed by atoms with Gasteiger partial charge < -0.3 is 15.3 Å². The number of carboxylic acid groups (broad SMARTS) is 1. The zero-order chi connectivity index (χ0) is 13.5. The Bertz CT molecular complexity index is 356. The Morgan fingerprint density at radius 3 is 2.11 bits per heavy atom. The topological polar surface area (TPSA) is 72.9 Å². The number of nitrogens with one attached hydrogen (secondary N) is 1. The third-order valence-corrected chi connectivity index (χ3v) is 4.15. The van der Waals surface area contributed by atoms with Crippen LogP contribution in [0.2, 0.25) is 0 Å². The molecule has 2 atom stereocenters. The highest BCUT2D eigenvalue weighted by atomic mass is 16.4. The van der Waals surface area contributed by atoms with Gasteiger partial charge in [0.25, 0.3) is 0 Å². The van der Waals surface area contributed by atoms with Crippen molar-refractivity contribution in [3.05, 3.63) is 0 Å². The van der Waals surface area contributed by atoms with Crippen molar-refractivity contribution in [3.8, 4) is 0 Å². The molecule has 6 heteroatoms. The minimum atomic E-state index is -0.993. The molecular formula is C12H21N3O3. The Kier molecular flexibility index (Phi) is 3.23. The molecule has 0 radical (unpaired) electrons. The Morgan fingerprint density at radius 2 is 1.72 bits per heavy atom. The van der Waals surface area contributed by atoms with Gasteiger partial charge in [0.2, 0.25) is 0 Å². The molecule has 1 heterocycles. The van der Waals surface area contributed by atoms with Gasteiger partial charge in [-0.25, -0.2) is 9.59 Å². The maximum absolute atomic E-state index is 12.1. The van der Waals surface area contributed by atoms with E-state index in [1.165, 1.54) is 0 Å². The third kappa shape index (κ3) is 2.29. The van der Waals surface area contributed by atoms with E-state index in [1.807, 2.05) is 7.05 Å². The number of amides is 2. The van der Waals surface area contributed by atoms with Gasteiger partial charge in [-0.05, 0) is 33.7 Å². The summed E-state index contributed by atoms with van der Waals surface area (Å²) in [5.41, 5.74) is -0.993. The Labute approximate surface area is 107 Å². The fourth-order valence-electron chi connectivity index (χ4n) is 2.37. The Hall–Kier alpha value is -1.30. The molecule has 1 saturated heterocycles. The van der Waals surface area contributed by atoms with E-state index in [4.69, 9.17) is 5.11 Å². The van der Waals surface area contributed by atoms with Crippen LogP contribution in [0.25, 0.3) is 0 Å². The van der Waals surface area contributed by atoms with Crippen molar-refractivity contribution >= 4 is 12.0 Å². The number of hydrogen-bond donors (Lipinski definition) is 2. The van der Waals surface area contributed by atoms with Gasteiger partial charge >= 0.3 is 12.0 Å². The zero-order valence-electron chi connectivity index (χ0n) is 11.1. The van der Waals surface area contributed by atoms with Gasteiger partial charge in [0.05, 0.1) is 0 Å². The molecule has 2 N–H and O–H groups in total. The van der Waals surface area contributed by atoms with E-state index in [9.17, 15) is 9.59 Å². The summed E-state index contributed by atoms with van der Waals surface area (Å²) in [4.78, 5) is 27.1. The van der Waals surface area contributed by atoms with Gasteiger partial charge in [-0.1, -0.05) is 0 Å². The van der Waals surface area contributed by atoms with Crippen molar-refractivity contribution < 1.29 is 14.7 Å². The number of carboxylic acids is 1. The average Bonchev–Trinajstić information content (AvgIpc) is 3.06. The molecule has 0 aromatic carbocycles. The van der Waals surface area contributed by atoms with E-state index >= 15 is 0 Å². The normalized spacial score (nSPS) is 30.9. The second-order valence-electron chi connectivity index (χ2n) is 5.59. The molecule has 2 aliphatic rings. The second-order valence-corrected chi connectivity index (χ2v) is 5.59. The molecule has 1 aliphatic heterocycles. The molecule has 2 amide bonds. The molecule has 0 bridgehead atoms. The maximum Gasteiger partial charge on any atom is 0.329 e. The summed E-state index contributed by atoms with van der Waals surface area (Å²) >= 11 is 0. The highest BCUT2D eigenvalue weighted by molar-refractivity contribution is 5.89. The third-order valence-electron chi connectivity index (χ3n) is 4.15. The van der Waals surface area contributed by atoms with E-state index < -0.39 is 11.5 Å². The van der Waals surface area contributed by atoms with Crippen molar-refractivity contribution in [1.29, 1.82) is 0 Å². The monoisotopic (exact) mass is 255 g/mol. The number of hydrogen-bond acceptors (Lipinski definition) is 3. The first kappa shape index (κ1) is 13.1. The predicted molar refractivity (Wildman–Crippen MR) is 66.4 cm³/mol. The van der Waals surface area contributed by atoms with Crippen LogP contribution in [-0.2, 0) is 4.79 Å². The number of aliphatic carboxylic acids is 1. The minimum absolute atomic E-state index is 0.248. The number of rotatable bonds is 2. The predicted octanol–water partition coefficient (Wildman–Crippen LogP) is 0.338. The lowest BCUT2D eigenvalue weighted by Gasteiger charge is -2.42. The average molecular weight is 255 g/mol. The summed E-state index contributed by atoms with van der Waals surface area (Å²) in [7, 11) is 2.05. The maximum atomic E-state index is 12.1. The molecule has 0 spiro atoms. The van der Waals surface area contributed by atoms with Crippen molar-refractivity contribution in [2.45, 2.75) is 44.3 Å². The fraction of sp³-hybridized carbons (Fsp3) is 0.833. The fourth-order valence-corrected chi connectivity index (χ4v) is 2.37. The van der Waals surface area contributed by atoms with E-state index in [1.54, 1.807) is 4.90 Å². The number of carbonyl (C=O) groups is 2. The van der Waals surface area contributed by atoms with Crippen molar-refractivity contribution in [2.24, 2.45) is 0 Å². The number of urea groups is 1. The van der Waals surface area contributed by atoms with Gasteiger partial charge in [0.1, 0.15) is 5.54 Å². The molecule has 1 saturated carbocycles. The van der Waals surface area contributed by atoms with Gasteiger partial charge in [-0.15, -0.1) is 0 Å². The number of piperazine rings is 1. The van der Waals surface area contributed by atoms with E-state index in [0.717, 1.165) is 0 Å². The van der Waals surface area contributed by atoms with E-state index in [-0.39, 0.29) is 6.03 Å². The summed E-state index contributed by atoms with van der Waals surface area (Å²) in [6.45, 7) is 5.42. The largest absolute Gasteiger partial charge is 0.480 e.